The molecule has 1 atom stereocenters. The molecule has 1 amide bonds. The number of amides is 1. The Labute approximate surface area is 77.8 Å². The molecule has 13 heavy (non-hydrogen) atoms. The summed E-state index contributed by atoms with van der Waals surface area (Å²) >= 11 is 0. The summed E-state index contributed by atoms with van der Waals surface area (Å²) in [5.41, 5.74) is 5.51. The lowest BCUT2D eigenvalue weighted by Gasteiger charge is -2.34. The number of carbonyl (C=O) groups excluding carboxylic acids is 1. The van der Waals surface area contributed by atoms with Crippen LogP contribution in [0.1, 0.15) is 0 Å². The van der Waals surface area contributed by atoms with Crippen molar-refractivity contribution in [2.45, 2.75) is 6.04 Å². The van der Waals surface area contributed by atoms with Crippen molar-refractivity contribution in [3.05, 3.63) is 0 Å². The molecule has 0 aromatic heterocycles. The molecule has 0 spiro atoms. The molecule has 0 aliphatic carbocycles. The fourth-order valence-electron chi connectivity index (χ4n) is 1.35. The van der Waals surface area contributed by atoms with Gasteiger partial charge in [-0.15, -0.1) is 0 Å². The lowest BCUT2D eigenvalue weighted by Crippen LogP contribution is -2.53. The van der Waals surface area contributed by atoms with Gasteiger partial charge in [-0.1, -0.05) is 0 Å². The van der Waals surface area contributed by atoms with E-state index in [0.29, 0.717) is 26.3 Å². The second-order valence-corrected chi connectivity index (χ2v) is 2.98. The van der Waals surface area contributed by atoms with Gasteiger partial charge in [-0.3, -0.25) is 4.79 Å². The van der Waals surface area contributed by atoms with Crippen LogP contribution in [-0.2, 0) is 14.3 Å². The molecule has 1 fully saturated rings. The maximum absolute atomic E-state index is 11.4. The van der Waals surface area contributed by atoms with Crippen molar-refractivity contribution in [2.24, 2.45) is 5.73 Å². The van der Waals surface area contributed by atoms with Gasteiger partial charge in [-0.25, -0.2) is 0 Å². The van der Waals surface area contributed by atoms with E-state index in [1.54, 1.807) is 12.0 Å². The third-order valence-corrected chi connectivity index (χ3v) is 2.11. The Morgan fingerprint density at radius 3 is 3.15 bits per heavy atom. The lowest BCUT2D eigenvalue weighted by atomic mass is 10.2. The molecule has 1 aliphatic rings. The zero-order valence-electron chi connectivity index (χ0n) is 7.86. The molecule has 5 nitrogen and oxygen atoms in total. The van der Waals surface area contributed by atoms with Crippen LogP contribution in [0.5, 0.6) is 0 Å². The molecule has 1 heterocycles. The highest BCUT2D eigenvalue weighted by molar-refractivity contribution is 5.78. The number of nitrogens with two attached hydrogens (primary N) is 1. The second kappa shape index (κ2) is 5.16. The van der Waals surface area contributed by atoms with Crippen LogP contribution in [0.15, 0.2) is 0 Å². The predicted octanol–water partition coefficient (Wildman–Crippen LogP) is -1.18. The SMILES string of the molecule is COCCN1C(=O)COCC1CN. The zero-order valence-corrected chi connectivity index (χ0v) is 7.86. The summed E-state index contributed by atoms with van der Waals surface area (Å²) in [5, 5.41) is 0. The van der Waals surface area contributed by atoms with Gasteiger partial charge in [0, 0.05) is 20.2 Å². The molecule has 1 rings (SSSR count). The molecular formula is C8H16N2O3. The van der Waals surface area contributed by atoms with Gasteiger partial charge in [0.1, 0.15) is 6.61 Å². The van der Waals surface area contributed by atoms with Crippen LogP contribution in [0.4, 0.5) is 0 Å². The Morgan fingerprint density at radius 1 is 1.77 bits per heavy atom. The van der Waals surface area contributed by atoms with E-state index in [1.807, 2.05) is 0 Å². The molecule has 0 aromatic rings. The summed E-state index contributed by atoms with van der Waals surface area (Å²) in [4.78, 5) is 13.1. The summed E-state index contributed by atoms with van der Waals surface area (Å²) in [7, 11) is 1.61. The van der Waals surface area contributed by atoms with Gasteiger partial charge in [-0.05, 0) is 0 Å². The van der Waals surface area contributed by atoms with Crippen LogP contribution < -0.4 is 5.73 Å². The van der Waals surface area contributed by atoms with E-state index < -0.39 is 0 Å². The van der Waals surface area contributed by atoms with E-state index in [-0.39, 0.29) is 18.6 Å². The first kappa shape index (κ1) is 10.4. The third-order valence-electron chi connectivity index (χ3n) is 2.11. The monoisotopic (exact) mass is 188 g/mol. The van der Waals surface area contributed by atoms with Crippen molar-refractivity contribution in [3.63, 3.8) is 0 Å². The van der Waals surface area contributed by atoms with Gasteiger partial charge in [0.15, 0.2) is 0 Å². The number of ether oxygens (including phenoxy) is 2. The average Bonchev–Trinajstić information content (AvgIpc) is 2.15. The molecule has 76 valence electrons. The Bertz CT molecular complexity index is 175. The van der Waals surface area contributed by atoms with Crippen LogP contribution >= 0.6 is 0 Å². The van der Waals surface area contributed by atoms with Crippen molar-refractivity contribution in [3.8, 4) is 0 Å². The van der Waals surface area contributed by atoms with Crippen molar-refractivity contribution in [1.29, 1.82) is 0 Å². The molecule has 5 heteroatoms. The number of hydrogen-bond donors (Lipinski definition) is 1. The van der Waals surface area contributed by atoms with E-state index in [9.17, 15) is 4.79 Å². The molecule has 1 aliphatic heterocycles. The maximum atomic E-state index is 11.4. The van der Waals surface area contributed by atoms with Crippen molar-refractivity contribution in [2.75, 3.05) is 40.0 Å². The first-order valence-corrected chi connectivity index (χ1v) is 4.35. The maximum Gasteiger partial charge on any atom is 0.249 e. The van der Waals surface area contributed by atoms with E-state index in [1.165, 1.54) is 0 Å². The van der Waals surface area contributed by atoms with Crippen LogP contribution in [0.2, 0.25) is 0 Å². The number of morpholine rings is 1. The quantitative estimate of drug-likeness (QED) is 0.603. The molecule has 0 bridgehead atoms. The molecule has 2 N–H and O–H groups in total. The average molecular weight is 188 g/mol. The Balaban J connectivity index is 2.46. The summed E-state index contributed by atoms with van der Waals surface area (Å²) in [6.07, 6.45) is 0. The molecule has 0 saturated carbocycles. The Morgan fingerprint density at radius 2 is 2.54 bits per heavy atom. The van der Waals surface area contributed by atoms with Crippen molar-refractivity contribution in [1.82, 2.24) is 4.90 Å². The van der Waals surface area contributed by atoms with E-state index in [0.717, 1.165) is 0 Å². The van der Waals surface area contributed by atoms with Gasteiger partial charge in [-0.2, -0.15) is 0 Å². The molecular weight excluding hydrogens is 172 g/mol. The van der Waals surface area contributed by atoms with Gasteiger partial charge in [0.25, 0.3) is 0 Å². The number of rotatable bonds is 4. The van der Waals surface area contributed by atoms with Crippen molar-refractivity contribution >= 4 is 5.91 Å². The van der Waals surface area contributed by atoms with Crippen LogP contribution in [0, 0.1) is 0 Å². The lowest BCUT2D eigenvalue weighted by molar-refractivity contribution is -0.148. The standard InChI is InChI=1S/C8H16N2O3/c1-12-3-2-10-7(4-9)5-13-6-8(10)11/h7H,2-6,9H2,1H3. The number of carbonyl (C=O) groups is 1. The topological polar surface area (TPSA) is 64.8 Å². The highest BCUT2D eigenvalue weighted by Gasteiger charge is 2.26. The largest absolute Gasteiger partial charge is 0.383 e. The highest BCUT2D eigenvalue weighted by atomic mass is 16.5. The summed E-state index contributed by atoms with van der Waals surface area (Å²) in [6, 6.07) is 0.0106. The Hall–Kier alpha value is -0.650. The van der Waals surface area contributed by atoms with E-state index >= 15 is 0 Å². The van der Waals surface area contributed by atoms with Crippen LogP contribution in [0.3, 0.4) is 0 Å². The molecule has 1 unspecified atom stereocenters. The van der Waals surface area contributed by atoms with Crippen LogP contribution in [-0.4, -0.2) is 56.9 Å². The van der Waals surface area contributed by atoms with Gasteiger partial charge in [0.05, 0.1) is 19.3 Å². The van der Waals surface area contributed by atoms with Crippen LogP contribution in [0.25, 0.3) is 0 Å². The first-order chi connectivity index (χ1) is 6.29. The Kier molecular flexibility index (Phi) is 4.14. The summed E-state index contributed by atoms with van der Waals surface area (Å²) < 4.78 is 9.99. The third kappa shape index (κ3) is 2.65. The minimum absolute atomic E-state index is 0.00116. The second-order valence-electron chi connectivity index (χ2n) is 2.98. The molecule has 1 saturated heterocycles. The van der Waals surface area contributed by atoms with Gasteiger partial charge >= 0.3 is 0 Å². The molecule has 0 radical (unpaired) electrons. The van der Waals surface area contributed by atoms with E-state index in [4.69, 9.17) is 15.2 Å². The van der Waals surface area contributed by atoms with Crippen molar-refractivity contribution < 1.29 is 14.3 Å². The minimum atomic E-state index is -0.00116. The van der Waals surface area contributed by atoms with Gasteiger partial charge in [0.2, 0.25) is 5.91 Å². The van der Waals surface area contributed by atoms with Gasteiger partial charge < -0.3 is 20.1 Å². The fraction of sp³-hybridized carbons (Fsp3) is 0.875. The minimum Gasteiger partial charge on any atom is -0.383 e. The highest BCUT2D eigenvalue weighted by Crippen LogP contribution is 2.06. The summed E-state index contributed by atoms with van der Waals surface area (Å²) in [5.74, 6) is -0.00116. The smallest absolute Gasteiger partial charge is 0.249 e. The zero-order chi connectivity index (χ0) is 9.68. The number of hydrogen-bond acceptors (Lipinski definition) is 4. The fourth-order valence-corrected chi connectivity index (χ4v) is 1.35. The summed E-state index contributed by atoms with van der Waals surface area (Å²) in [6.45, 7) is 2.28. The van der Waals surface area contributed by atoms with E-state index in [2.05, 4.69) is 0 Å². The number of methoxy groups -OCH3 is 1. The first-order valence-electron chi connectivity index (χ1n) is 4.35. The molecule has 0 aromatic carbocycles. The normalized spacial score (nSPS) is 23.7. The number of nitrogens with zero attached hydrogens (tertiary/aromatic N) is 1. The predicted molar refractivity (Wildman–Crippen MR) is 47.3 cm³/mol.